The van der Waals surface area contributed by atoms with Gasteiger partial charge in [0.2, 0.25) is 0 Å². The van der Waals surface area contributed by atoms with Crippen LogP contribution in [0.15, 0.2) is 0 Å². The van der Waals surface area contributed by atoms with E-state index in [0.717, 1.165) is 0 Å². The van der Waals surface area contributed by atoms with E-state index in [9.17, 15) is 21.6 Å². The van der Waals surface area contributed by atoms with E-state index in [4.69, 9.17) is 5.73 Å². The molecule has 0 fully saturated rings. The van der Waals surface area contributed by atoms with Crippen molar-refractivity contribution < 1.29 is 21.6 Å². The van der Waals surface area contributed by atoms with Crippen molar-refractivity contribution in [2.45, 2.75) is 32.0 Å². The summed E-state index contributed by atoms with van der Waals surface area (Å²) in [5.74, 6) is 0. The van der Waals surface area contributed by atoms with Crippen LogP contribution in [-0.2, 0) is 10.2 Å². The zero-order valence-electron chi connectivity index (χ0n) is 9.06. The van der Waals surface area contributed by atoms with Crippen molar-refractivity contribution >= 4 is 10.2 Å². The Morgan fingerprint density at radius 3 is 2.12 bits per heavy atom. The predicted molar refractivity (Wildman–Crippen MR) is 53.9 cm³/mol. The van der Waals surface area contributed by atoms with Gasteiger partial charge in [0.25, 0.3) is 10.2 Å². The maximum Gasteiger partial charge on any atom is 0.402 e. The SMILES string of the molecule is CCC(C)(CN)NS(=O)(=O)NCC(F)(F)F. The molecule has 98 valence electrons. The average molecular weight is 263 g/mol. The molecule has 5 nitrogen and oxygen atoms in total. The first-order chi connectivity index (χ1) is 7.04. The number of halogens is 3. The Morgan fingerprint density at radius 2 is 1.81 bits per heavy atom. The van der Waals surface area contributed by atoms with Gasteiger partial charge in [-0.2, -0.15) is 31.0 Å². The molecule has 0 rings (SSSR count). The van der Waals surface area contributed by atoms with Crippen molar-refractivity contribution in [2.75, 3.05) is 13.1 Å². The summed E-state index contributed by atoms with van der Waals surface area (Å²) in [5, 5.41) is 0. The van der Waals surface area contributed by atoms with Crippen molar-refractivity contribution in [3.8, 4) is 0 Å². The highest BCUT2D eigenvalue weighted by atomic mass is 32.2. The van der Waals surface area contributed by atoms with Crippen LogP contribution in [0.5, 0.6) is 0 Å². The molecule has 0 aromatic rings. The number of nitrogens with one attached hydrogen (secondary N) is 2. The third kappa shape index (κ3) is 6.26. The van der Waals surface area contributed by atoms with Gasteiger partial charge in [-0.3, -0.25) is 0 Å². The summed E-state index contributed by atoms with van der Waals surface area (Å²) in [6, 6.07) is 0. The zero-order chi connectivity index (χ0) is 13.0. The first-order valence-electron chi connectivity index (χ1n) is 4.59. The fourth-order valence-corrected chi connectivity index (χ4v) is 2.10. The minimum atomic E-state index is -4.58. The fraction of sp³-hybridized carbons (Fsp3) is 1.00. The molecule has 9 heteroatoms. The maximum absolute atomic E-state index is 11.8. The molecule has 0 saturated carbocycles. The fourth-order valence-electron chi connectivity index (χ4n) is 0.795. The summed E-state index contributed by atoms with van der Waals surface area (Å²) in [7, 11) is -4.20. The first kappa shape index (κ1) is 15.6. The van der Waals surface area contributed by atoms with Crippen LogP contribution in [0, 0.1) is 0 Å². The standard InChI is InChI=1S/C7H16F3N3O2S/c1-3-6(2,4-11)13-16(14,15)12-5-7(8,9)10/h12-13H,3-5,11H2,1-2H3. The van der Waals surface area contributed by atoms with Gasteiger partial charge in [0.05, 0.1) is 0 Å². The highest BCUT2D eigenvalue weighted by Crippen LogP contribution is 2.13. The quantitative estimate of drug-likeness (QED) is 0.635. The Bertz CT molecular complexity index is 311. The molecule has 4 N–H and O–H groups in total. The minimum absolute atomic E-state index is 0.00354. The maximum atomic E-state index is 11.8. The van der Waals surface area contributed by atoms with Crippen LogP contribution in [0.1, 0.15) is 20.3 Å². The third-order valence-electron chi connectivity index (χ3n) is 2.07. The molecular weight excluding hydrogens is 247 g/mol. The van der Waals surface area contributed by atoms with E-state index in [0.29, 0.717) is 6.42 Å². The molecule has 0 aliphatic carbocycles. The number of rotatable bonds is 6. The van der Waals surface area contributed by atoms with Crippen LogP contribution in [0.4, 0.5) is 13.2 Å². The van der Waals surface area contributed by atoms with Crippen LogP contribution in [0.3, 0.4) is 0 Å². The van der Waals surface area contributed by atoms with Crippen LogP contribution in [0.2, 0.25) is 0 Å². The van der Waals surface area contributed by atoms with Crippen molar-refractivity contribution in [1.82, 2.24) is 9.44 Å². The molecule has 0 aromatic heterocycles. The summed E-state index contributed by atoms with van der Waals surface area (Å²) in [6.07, 6.45) is -4.21. The molecule has 0 amide bonds. The summed E-state index contributed by atoms with van der Waals surface area (Å²) in [6.45, 7) is 1.59. The normalized spacial score (nSPS) is 17.1. The summed E-state index contributed by atoms with van der Waals surface area (Å²) in [5.41, 5.74) is 4.38. The van der Waals surface area contributed by atoms with E-state index in [2.05, 4.69) is 4.72 Å². The highest BCUT2D eigenvalue weighted by molar-refractivity contribution is 7.87. The van der Waals surface area contributed by atoms with Crippen LogP contribution >= 0.6 is 0 Å². The van der Waals surface area contributed by atoms with E-state index >= 15 is 0 Å². The van der Waals surface area contributed by atoms with Crippen LogP contribution in [-0.4, -0.2) is 33.2 Å². The molecular formula is C7H16F3N3O2S. The monoisotopic (exact) mass is 263 g/mol. The minimum Gasteiger partial charge on any atom is -0.329 e. The molecule has 0 aliphatic heterocycles. The van der Waals surface area contributed by atoms with Gasteiger partial charge in [-0.1, -0.05) is 6.92 Å². The Balaban J connectivity index is 4.47. The number of alkyl halides is 3. The second kappa shape index (κ2) is 5.30. The van der Waals surface area contributed by atoms with Crippen molar-refractivity contribution in [2.24, 2.45) is 5.73 Å². The molecule has 0 aromatic carbocycles. The Morgan fingerprint density at radius 1 is 1.31 bits per heavy atom. The van der Waals surface area contributed by atoms with Crippen LogP contribution in [0.25, 0.3) is 0 Å². The lowest BCUT2D eigenvalue weighted by molar-refractivity contribution is -0.121. The number of hydrogen-bond acceptors (Lipinski definition) is 3. The zero-order valence-corrected chi connectivity index (χ0v) is 9.87. The lowest BCUT2D eigenvalue weighted by Crippen LogP contribution is -2.55. The van der Waals surface area contributed by atoms with E-state index in [1.54, 1.807) is 6.92 Å². The second-order valence-corrected chi connectivity index (χ2v) is 5.16. The van der Waals surface area contributed by atoms with E-state index in [1.165, 1.54) is 11.6 Å². The second-order valence-electron chi connectivity index (χ2n) is 3.66. The Hall–Kier alpha value is -0.380. The summed E-state index contributed by atoms with van der Waals surface area (Å²) in [4.78, 5) is 0. The lowest BCUT2D eigenvalue weighted by Gasteiger charge is -2.27. The van der Waals surface area contributed by atoms with Gasteiger partial charge in [-0.05, 0) is 13.3 Å². The highest BCUT2D eigenvalue weighted by Gasteiger charge is 2.32. The van der Waals surface area contributed by atoms with E-state index in [-0.39, 0.29) is 6.54 Å². The molecule has 0 aliphatic rings. The van der Waals surface area contributed by atoms with E-state index < -0.39 is 28.5 Å². The van der Waals surface area contributed by atoms with Gasteiger partial charge in [-0.15, -0.1) is 0 Å². The molecule has 0 spiro atoms. The van der Waals surface area contributed by atoms with Crippen molar-refractivity contribution in [1.29, 1.82) is 0 Å². The molecule has 1 atom stereocenters. The van der Waals surface area contributed by atoms with Crippen LogP contribution < -0.4 is 15.2 Å². The molecule has 0 radical (unpaired) electrons. The van der Waals surface area contributed by atoms with E-state index in [1.807, 2.05) is 0 Å². The predicted octanol–water partition coefficient (Wildman–Crippen LogP) is 0.100. The first-order valence-corrected chi connectivity index (χ1v) is 6.07. The van der Waals surface area contributed by atoms with Gasteiger partial charge < -0.3 is 5.73 Å². The third-order valence-corrected chi connectivity index (χ3v) is 3.36. The number of hydrogen-bond donors (Lipinski definition) is 3. The summed E-state index contributed by atoms with van der Waals surface area (Å²) < 4.78 is 61.4. The Kier molecular flexibility index (Phi) is 5.17. The lowest BCUT2D eigenvalue weighted by atomic mass is 10.0. The average Bonchev–Trinajstić information content (AvgIpc) is 2.13. The van der Waals surface area contributed by atoms with Gasteiger partial charge in [0.1, 0.15) is 6.54 Å². The number of nitrogens with two attached hydrogens (primary N) is 1. The molecule has 1 unspecified atom stereocenters. The van der Waals surface area contributed by atoms with Crippen molar-refractivity contribution in [3.63, 3.8) is 0 Å². The molecule has 16 heavy (non-hydrogen) atoms. The molecule has 0 heterocycles. The topological polar surface area (TPSA) is 84.2 Å². The molecule has 0 saturated heterocycles. The van der Waals surface area contributed by atoms with Gasteiger partial charge in [0.15, 0.2) is 0 Å². The van der Waals surface area contributed by atoms with Gasteiger partial charge in [0, 0.05) is 12.1 Å². The van der Waals surface area contributed by atoms with Crippen molar-refractivity contribution in [3.05, 3.63) is 0 Å². The van der Waals surface area contributed by atoms with Gasteiger partial charge >= 0.3 is 6.18 Å². The largest absolute Gasteiger partial charge is 0.402 e. The Labute approximate surface area is 92.8 Å². The van der Waals surface area contributed by atoms with Gasteiger partial charge in [-0.25, -0.2) is 0 Å². The molecule has 0 bridgehead atoms. The smallest absolute Gasteiger partial charge is 0.329 e. The summed E-state index contributed by atoms with van der Waals surface area (Å²) >= 11 is 0.